The van der Waals surface area contributed by atoms with Gasteiger partial charge in [-0.1, -0.05) is 38.5 Å². The van der Waals surface area contributed by atoms with E-state index >= 15 is 0 Å². The maximum Gasteiger partial charge on any atom is 0.227 e. The molecule has 1 saturated heterocycles. The summed E-state index contributed by atoms with van der Waals surface area (Å²) in [6.45, 7) is -0.376. The van der Waals surface area contributed by atoms with Crippen LogP contribution in [0.25, 0.3) is 11.2 Å². The fraction of sp³-hybridized carbons (Fsp3) is 0.773. The summed E-state index contributed by atoms with van der Waals surface area (Å²) < 4.78 is 7.38. The average Bonchev–Trinajstić information content (AvgIpc) is 3.36. The molecular formula is C22H34N6O4. The van der Waals surface area contributed by atoms with Crippen LogP contribution in [-0.4, -0.2) is 71.8 Å². The van der Waals surface area contributed by atoms with Gasteiger partial charge in [0.2, 0.25) is 5.95 Å². The highest BCUT2D eigenvalue weighted by atomic mass is 16.6. The lowest BCUT2D eigenvalue weighted by atomic mass is 9.95. The molecule has 2 aromatic rings. The van der Waals surface area contributed by atoms with E-state index in [-0.39, 0.29) is 6.61 Å². The standard InChI is InChI=1S/C22H34N6O4/c29-11-15-17(30)18(31)21(32-15)28-12-23-16-19(24-13-7-3-1-4-8-13)26-22(27-20(16)28)25-14-9-5-2-6-10-14/h12-15,17-18,21,29-31H,1-11H2,(H2,24,25,26,27)/t15-,17-,18-,21-/m1/s1. The molecular weight excluding hydrogens is 412 g/mol. The Kier molecular flexibility index (Phi) is 6.45. The molecule has 5 N–H and O–H groups in total. The minimum Gasteiger partial charge on any atom is -0.394 e. The van der Waals surface area contributed by atoms with E-state index in [1.54, 1.807) is 10.9 Å². The van der Waals surface area contributed by atoms with Crippen molar-refractivity contribution in [3.8, 4) is 0 Å². The van der Waals surface area contributed by atoms with E-state index in [1.807, 2.05) is 0 Å². The first kappa shape index (κ1) is 21.8. The van der Waals surface area contributed by atoms with Crippen molar-refractivity contribution in [3.05, 3.63) is 6.33 Å². The average molecular weight is 447 g/mol. The molecule has 10 nitrogen and oxygen atoms in total. The summed E-state index contributed by atoms with van der Waals surface area (Å²) in [4.78, 5) is 14.1. The highest BCUT2D eigenvalue weighted by Gasteiger charge is 2.44. The number of nitrogens with one attached hydrogen (secondary N) is 2. The number of ether oxygens (including phenoxy) is 1. The zero-order chi connectivity index (χ0) is 22.1. The summed E-state index contributed by atoms with van der Waals surface area (Å²) >= 11 is 0. The van der Waals surface area contributed by atoms with E-state index in [4.69, 9.17) is 14.7 Å². The van der Waals surface area contributed by atoms with Crippen LogP contribution >= 0.6 is 0 Å². The van der Waals surface area contributed by atoms with Crippen LogP contribution in [0.4, 0.5) is 11.8 Å². The van der Waals surface area contributed by atoms with Gasteiger partial charge in [0.25, 0.3) is 0 Å². The van der Waals surface area contributed by atoms with E-state index in [1.165, 1.54) is 38.5 Å². The molecule has 3 aliphatic rings. The Labute approximate surface area is 187 Å². The minimum atomic E-state index is -1.19. The number of hydrogen-bond donors (Lipinski definition) is 5. The quantitative estimate of drug-likeness (QED) is 0.450. The summed E-state index contributed by atoms with van der Waals surface area (Å²) in [5, 5.41) is 37.3. The molecule has 0 amide bonds. The third-order valence-corrected chi connectivity index (χ3v) is 7.10. The SMILES string of the molecule is OC[C@H]1O[C@@H](n2cnc3c(NC4CCCCC4)nc(NC4CCCCC4)nc32)[C@H](O)[C@@H]1O. The normalized spacial score (nSPS) is 30.1. The first-order valence-electron chi connectivity index (χ1n) is 12.0. The van der Waals surface area contributed by atoms with Crippen molar-refractivity contribution in [2.75, 3.05) is 17.2 Å². The summed E-state index contributed by atoms with van der Waals surface area (Å²) in [6.07, 6.45) is 9.22. The van der Waals surface area contributed by atoms with Crippen molar-refractivity contribution < 1.29 is 20.1 Å². The predicted molar refractivity (Wildman–Crippen MR) is 119 cm³/mol. The molecule has 2 aliphatic carbocycles. The Morgan fingerprint density at radius 2 is 1.56 bits per heavy atom. The van der Waals surface area contributed by atoms with Gasteiger partial charge in [-0.25, -0.2) is 4.98 Å². The van der Waals surface area contributed by atoms with Crippen LogP contribution in [0.2, 0.25) is 0 Å². The van der Waals surface area contributed by atoms with Crippen molar-refractivity contribution in [3.63, 3.8) is 0 Å². The number of anilines is 2. The fourth-order valence-electron chi connectivity index (χ4n) is 5.25. The Bertz CT molecular complexity index is 911. The highest BCUT2D eigenvalue weighted by molar-refractivity contribution is 5.84. The van der Waals surface area contributed by atoms with E-state index < -0.39 is 24.5 Å². The smallest absolute Gasteiger partial charge is 0.227 e. The molecule has 0 radical (unpaired) electrons. The number of aliphatic hydroxyl groups is 3. The van der Waals surface area contributed by atoms with Crippen LogP contribution < -0.4 is 10.6 Å². The lowest BCUT2D eigenvalue weighted by Crippen LogP contribution is -2.33. The van der Waals surface area contributed by atoms with Gasteiger partial charge in [-0.05, 0) is 25.7 Å². The Balaban J connectivity index is 1.49. The maximum absolute atomic E-state index is 10.5. The van der Waals surface area contributed by atoms with Crippen LogP contribution in [-0.2, 0) is 4.74 Å². The summed E-state index contributed by atoms with van der Waals surface area (Å²) in [5.41, 5.74) is 1.15. The zero-order valence-electron chi connectivity index (χ0n) is 18.4. The predicted octanol–water partition coefficient (Wildman–Crippen LogP) is 1.93. The zero-order valence-corrected chi connectivity index (χ0v) is 18.4. The van der Waals surface area contributed by atoms with Gasteiger partial charge in [0.1, 0.15) is 18.3 Å². The van der Waals surface area contributed by atoms with E-state index in [2.05, 4.69) is 15.6 Å². The topological polar surface area (TPSA) is 138 Å². The van der Waals surface area contributed by atoms with Crippen molar-refractivity contribution in [2.45, 2.75) is 101 Å². The Morgan fingerprint density at radius 1 is 0.906 bits per heavy atom. The summed E-state index contributed by atoms with van der Waals surface area (Å²) in [6, 6.07) is 0.692. The molecule has 5 rings (SSSR count). The third kappa shape index (κ3) is 4.28. The first-order chi connectivity index (χ1) is 15.6. The molecule has 2 aromatic heterocycles. The summed E-state index contributed by atoms with van der Waals surface area (Å²) in [7, 11) is 0. The molecule has 32 heavy (non-hydrogen) atoms. The third-order valence-electron chi connectivity index (χ3n) is 7.10. The van der Waals surface area contributed by atoms with E-state index in [0.29, 0.717) is 35.0 Å². The Morgan fingerprint density at radius 3 is 2.19 bits per heavy atom. The number of nitrogens with zero attached hydrogens (tertiary/aromatic N) is 4. The van der Waals surface area contributed by atoms with Gasteiger partial charge in [-0.2, -0.15) is 9.97 Å². The number of hydrogen-bond acceptors (Lipinski definition) is 9. The molecule has 0 unspecified atom stereocenters. The lowest BCUT2D eigenvalue weighted by Gasteiger charge is -2.25. The van der Waals surface area contributed by atoms with Gasteiger partial charge in [-0.3, -0.25) is 4.57 Å². The number of imidazole rings is 1. The monoisotopic (exact) mass is 446 g/mol. The fourth-order valence-corrected chi connectivity index (χ4v) is 5.25. The molecule has 0 spiro atoms. The molecule has 3 fully saturated rings. The van der Waals surface area contributed by atoms with Gasteiger partial charge in [0.05, 0.1) is 12.9 Å². The number of fused-ring (bicyclic) bond motifs is 1. The largest absolute Gasteiger partial charge is 0.394 e. The van der Waals surface area contributed by atoms with Crippen LogP contribution in [0.1, 0.15) is 70.4 Å². The number of aliphatic hydroxyl groups excluding tert-OH is 3. The maximum atomic E-state index is 10.5. The van der Waals surface area contributed by atoms with Crippen molar-refractivity contribution in [1.82, 2.24) is 19.5 Å². The first-order valence-corrected chi connectivity index (χ1v) is 12.0. The number of rotatable bonds is 6. The second-order valence-electron chi connectivity index (χ2n) is 9.41. The lowest BCUT2D eigenvalue weighted by molar-refractivity contribution is -0.0511. The summed E-state index contributed by atoms with van der Waals surface area (Å²) in [5.74, 6) is 1.22. The minimum absolute atomic E-state index is 0.342. The molecule has 0 aromatic carbocycles. The van der Waals surface area contributed by atoms with Gasteiger partial charge in [0, 0.05) is 12.1 Å². The molecule has 3 heterocycles. The van der Waals surface area contributed by atoms with Crippen LogP contribution in [0.15, 0.2) is 6.33 Å². The van der Waals surface area contributed by atoms with Gasteiger partial charge < -0.3 is 30.7 Å². The van der Waals surface area contributed by atoms with Crippen LogP contribution in [0.5, 0.6) is 0 Å². The van der Waals surface area contributed by atoms with Crippen LogP contribution in [0.3, 0.4) is 0 Å². The number of aromatic nitrogens is 4. The van der Waals surface area contributed by atoms with Gasteiger partial charge >= 0.3 is 0 Å². The molecule has 1 aliphatic heterocycles. The van der Waals surface area contributed by atoms with Crippen molar-refractivity contribution in [2.24, 2.45) is 0 Å². The van der Waals surface area contributed by atoms with Crippen molar-refractivity contribution in [1.29, 1.82) is 0 Å². The second kappa shape index (κ2) is 9.46. The van der Waals surface area contributed by atoms with E-state index in [9.17, 15) is 15.3 Å². The highest BCUT2D eigenvalue weighted by Crippen LogP contribution is 2.34. The van der Waals surface area contributed by atoms with Gasteiger partial charge in [-0.15, -0.1) is 0 Å². The van der Waals surface area contributed by atoms with E-state index in [0.717, 1.165) is 25.7 Å². The van der Waals surface area contributed by atoms with Crippen molar-refractivity contribution >= 4 is 22.9 Å². The van der Waals surface area contributed by atoms with Crippen LogP contribution in [0, 0.1) is 0 Å². The molecule has 2 saturated carbocycles. The molecule has 176 valence electrons. The van der Waals surface area contributed by atoms with Gasteiger partial charge in [0.15, 0.2) is 23.2 Å². The second-order valence-corrected chi connectivity index (χ2v) is 9.41. The molecule has 4 atom stereocenters. The Hall–Kier alpha value is -2.01. The molecule has 10 heteroatoms. The molecule has 0 bridgehead atoms.